The molecule has 2 atom stereocenters. The van der Waals surface area contributed by atoms with Crippen LogP contribution in [0.1, 0.15) is 41.6 Å². The summed E-state index contributed by atoms with van der Waals surface area (Å²) in [6.45, 7) is 2.74. The summed E-state index contributed by atoms with van der Waals surface area (Å²) in [5.74, 6) is 0.483. The molecule has 120 valence electrons. The minimum Gasteiger partial charge on any atom is -0.365 e. The largest absolute Gasteiger partial charge is 0.365 e. The van der Waals surface area contributed by atoms with Crippen LogP contribution < -0.4 is 0 Å². The zero-order valence-electron chi connectivity index (χ0n) is 12.9. The fraction of sp³-hybridized carbons (Fsp3) is 0.412. The molecule has 0 fully saturated rings. The Kier molecular flexibility index (Phi) is 3.95. The van der Waals surface area contributed by atoms with E-state index in [2.05, 4.69) is 46.0 Å². The van der Waals surface area contributed by atoms with Gasteiger partial charge in [0.25, 0.3) is 0 Å². The fourth-order valence-corrected chi connectivity index (χ4v) is 4.80. The lowest BCUT2D eigenvalue weighted by atomic mass is 9.87. The Balaban J connectivity index is 1.82. The Morgan fingerprint density at radius 2 is 2.22 bits per heavy atom. The van der Waals surface area contributed by atoms with Crippen molar-refractivity contribution in [2.24, 2.45) is 0 Å². The van der Waals surface area contributed by atoms with E-state index in [0.717, 1.165) is 33.7 Å². The molecular weight excluding hydrogens is 396 g/mol. The zero-order chi connectivity index (χ0) is 16.2. The maximum atomic E-state index is 6.37. The molecule has 0 radical (unpaired) electrons. The van der Waals surface area contributed by atoms with Gasteiger partial charge in [0, 0.05) is 16.5 Å². The van der Waals surface area contributed by atoms with E-state index in [1.807, 2.05) is 6.26 Å². The number of rotatable bonds is 1. The molecular formula is C17H16BrClN2OS. The number of nitrogens with zero attached hydrogens (tertiary/aromatic N) is 2. The number of fused-ring (bicyclic) bond motifs is 3. The van der Waals surface area contributed by atoms with Crippen LogP contribution in [0.15, 0.2) is 27.8 Å². The van der Waals surface area contributed by atoms with Crippen LogP contribution in [0.3, 0.4) is 0 Å². The molecule has 0 N–H and O–H groups in total. The van der Waals surface area contributed by atoms with Gasteiger partial charge in [0.05, 0.1) is 17.9 Å². The van der Waals surface area contributed by atoms with Crippen LogP contribution in [0.2, 0.25) is 5.15 Å². The average molecular weight is 412 g/mol. The lowest BCUT2D eigenvalue weighted by Crippen LogP contribution is -2.35. The normalized spacial score (nSPS) is 25.5. The monoisotopic (exact) mass is 410 g/mol. The second kappa shape index (κ2) is 5.73. The van der Waals surface area contributed by atoms with Gasteiger partial charge in [-0.2, -0.15) is 0 Å². The van der Waals surface area contributed by atoms with Gasteiger partial charge in [0.15, 0.2) is 5.16 Å². The van der Waals surface area contributed by atoms with Crippen LogP contribution in [0.5, 0.6) is 0 Å². The average Bonchev–Trinajstić information content (AvgIpc) is 2.78. The van der Waals surface area contributed by atoms with Gasteiger partial charge in [0.2, 0.25) is 0 Å². The molecule has 0 bridgehead atoms. The Hall–Kier alpha value is -0.620. The van der Waals surface area contributed by atoms with Gasteiger partial charge in [-0.05, 0) is 41.9 Å². The first-order chi connectivity index (χ1) is 11.0. The third kappa shape index (κ3) is 2.53. The van der Waals surface area contributed by atoms with Crippen LogP contribution in [0.25, 0.3) is 0 Å². The van der Waals surface area contributed by atoms with Crippen molar-refractivity contribution in [1.29, 1.82) is 0 Å². The van der Waals surface area contributed by atoms with Crippen molar-refractivity contribution >= 4 is 39.3 Å². The van der Waals surface area contributed by atoms with Gasteiger partial charge in [-0.25, -0.2) is 9.97 Å². The number of hydrogen-bond acceptors (Lipinski definition) is 4. The molecule has 2 unspecified atom stereocenters. The molecule has 1 aliphatic heterocycles. The van der Waals surface area contributed by atoms with Gasteiger partial charge in [-0.1, -0.05) is 52.3 Å². The van der Waals surface area contributed by atoms with Crippen LogP contribution in [0, 0.1) is 0 Å². The number of benzene rings is 1. The number of aromatic nitrogens is 2. The Labute approximate surface area is 153 Å². The maximum absolute atomic E-state index is 6.37. The van der Waals surface area contributed by atoms with E-state index in [4.69, 9.17) is 21.3 Å². The molecule has 0 amide bonds. The molecule has 1 aromatic carbocycles. The van der Waals surface area contributed by atoms with E-state index in [1.165, 1.54) is 22.9 Å². The third-order valence-corrected chi connectivity index (χ3v) is 6.18. The Morgan fingerprint density at radius 3 is 3.00 bits per heavy atom. The Morgan fingerprint density at radius 1 is 1.39 bits per heavy atom. The van der Waals surface area contributed by atoms with E-state index < -0.39 is 0 Å². The molecule has 2 heterocycles. The highest BCUT2D eigenvalue weighted by Gasteiger charge is 2.46. The van der Waals surface area contributed by atoms with E-state index in [9.17, 15) is 0 Å². The summed E-state index contributed by atoms with van der Waals surface area (Å²) in [7, 11) is 0. The molecule has 1 aliphatic carbocycles. The van der Waals surface area contributed by atoms with Crippen molar-refractivity contribution in [1.82, 2.24) is 9.97 Å². The molecule has 1 spiro atoms. The lowest BCUT2D eigenvalue weighted by molar-refractivity contribution is -0.0756. The summed E-state index contributed by atoms with van der Waals surface area (Å²) in [5.41, 5.74) is 4.33. The minimum atomic E-state index is -0.293. The number of ether oxygens (including phenoxy) is 1. The molecule has 2 aromatic rings. The molecule has 1 aromatic heterocycles. The van der Waals surface area contributed by atoms with Crippen LogP contribution >= 0.6 is 39.3 Å². The van der Waals surface area contributed by atoms with Gasteiger partial charge in [-0.15, -0.1) is 0 Å². The van der Waals surface area contributed by atoms with Gasteiger partial charge in [-0.3, -0.25) is 0 Å². The van der Waals surface area contributed by atoms with Gasteiger partial charge in [0.1, 0.15) is 5.15 Å². The van der Waals surface area contributed by atoms with Gasteiger partial charge >= 0.3 is 0 Å². The quantitative estimate of drug-likeness (QED) is 0.372. The summed E-state index contributed by atoms with van der Waals surface area (Å²) in [6, 6.07) is 6.51. The number of hydrogen-bond donors (Lipinski definition) is 0. The second-order valence-corrected chi connectivity index (χ2v) is 8.27. The maximum Gasteiger partial charge on any atom is 0.188 e. The molecule has 0 saturated carbocycles. The predicted octanol–water partition coefficient (Wildman–Crippen LogP) is 5.09. The van der Waals surface area contributed by atoms with Crippen molar-refractivity contribution in [2.75, 3.05) is 6.26 Å². The highest BCUT2D eigenvalue weighted by molar-refractivity contribution is 9.10. The SMILES string of the molecule is CSc1nc(Cl)c2c(n1)CC1(CC(C)c3ccc(Br)cc31)OC2. The van der Waals surface area contributed by atoms with E-state index in [0.29, 0.717) is 17.7 Å². The van der Waals surface area contributed by atoms with Crippen LogP contribution in [-0.4, -0.2) is 16.2 Å². The molecule has 4 rings (SSSR count). The summed E-state index contributed by atoms with van der Waals surface area (Å²) in [5, 5.41) is 1.25. The summed E-state index contributed by atoms with van der Waals surface area (Å²) < 4.78 is 7.45. The fourth-order valence-electron chi connectivity index (χ4n) is 3.76. The van der Waals surface area contributed by atoms with E-state index >= 15 is 0 Å². The van der Waals surface area contributed by atoms with Crippen molar-refractivity contribution in [2.45, 2.75) is 43.0 Å². The first-order valence-electron chi connectivity index (χ1n) is 7.55. The standard InChI is InChI=1S/C17H16BrClN2OS/c1-9-6-17(13-5-10(18)3-4-11(9)13)7-14-12(8-22-17)15(19)21-16(20-14)23-2/h3-5,9H,6-8H2,1-2H3. The van der Waals surface area contributed by atoms with E-state index in [-0.39, 0.29) is 5.60 Å². The Bertz CT molecular complexity index is 800. The van der Waals surface area contributed by atoms with Crippen molar-refractivity contribution < 1.29 is 4.74 Å². The first-order valence-corrected chi connectivity index (χ1v) is 9.95. The first kappa shape index (κ1) is 15.9. The van der Waals surface area contributed by atoms with Crippen LogP contribution in [0.4, 0.5) is 0 Å². The molecule has 0 saturated heterocycles. The third-order valence-electron chi connectivity index (χ3n) is 4.82. The summed E-state index contributed by atoms with van der Waals surface area (Å²) >= 11 is 11.4. The highest BCUT2D eigenvalue weighted by atomic mass is 79.9. The molecule has 6 heteroatoms. The minimum absolute atomic E-state index is 0.293. The molecule has 2 aliphatic rings. The zero-order valence-corrected chi connectivity index (χ0v) is 16.1. The van der Waals surface area contributed by atoms with Gasteiger partial charge < -0.3 is 4.74 Å². The van der Waals surface area contributed by atoms with E-state index in [1.54, 1.807) is 0 Å². The smallest absolute Gasteiger partial charge is 0.188 e. The predicted molar refractivity (Wildman–Crippen MR) is 96.2 cm³/mol. The summed E-state index contributed by atoms with van der Waals surface area (Å²) in [4.78, 5) is 9.03. The van der Waals surface area contributed by atoms with Crippen molar-refractivity contribution in [3.05, 3.63) is 50.2 Å². The lowest BCUT2D eigenvalue weighted by Gasteiger charge is -2.36. The summed E-state index contributed by atoms with van der Waals surface area (Å²) in [6.07, 6.45) is 3.71. The van der Waals surface area contributed by atoms with Crippen LogP contribution in [-0.2, 0) is 23.4 Å². The van der Waals surface area contributed by atoms with Crippen molar-refractivity contribution in [3.8, 4) is 0 Å². The second-order valence-electron chi connectivity index (χ2n) is 6.22. The topological polar surface area (TPSA) is 35.0 Å². The molecule has 3 nitrogen and oxygen atoms in total. The van der Waals surface area contributed by atoms with Crippen molar-refractivity contribution in [3.63, 3.8) is 0 Å². The highest BCUT2D eigenvalue weighted by Crippen LogP contribution is 2.51. The number of halogens is 2. The molecule has 23 heavy (non-hydrogen) atoms. The number of thioether (sulfide) groups is 1.